The molecule has 1 heterocycles. The summed E-state index contributed by atoms with van der Waals surface area (Å²) in [5.41, 5.74) is 6.14. The van der Waals surface area contributed by atoms with E-state index in [1.54, 1.807) is 13.3 Å². The molecule has 1 aromatic heterocycles. The minimum absolute atomic E-state index is 0.315. The second kappa shape index (κ2) is 6.07. The first kappa shape index (κ1) is 12.4. The molecule has 16 heavy (non-hydrogen) atoms. The van der Waals surface area contributed by atoms with Gasteiger partial charge in [-0.05, 0) is 12.5 Å². The van der Waals surface area contributed by atoms with Gasteiger partial charge in [0.2, 0.25) is 11.8 Å². The van der Waals surface area contributed by atoms with Crippen molar-refractivity contribution in [1.82, 2.24) is 10.3 Å². The quantitative estimate of drug-likeness (QED) is 0.733. The average molecular weight is 223 g/mol. The van der Waals surface area contributed by atoms with E-state index >= 15 is 0 Å². The predicted octanol–water partition coefficient (Wildman–Crippen LogP) is 0.444. The lowest BCUT2D eigenvalue weighted by molar-refractivity contribution is -0.120. The molecule has 0 saturated carbocycles. The molecule has 1 atom stereocenters. The van der Waals surface area contributed by atoms with Crippen LogP contribution in [0.15, 0.2) is 18.3 Å². The third kappa shape index (κ3) is 3.20. The van der Waals surface area contributed by atoms with E-state index in [-0.39, 0.29) is 11.9 Å². The summed E-state index contributed by atoms with van der Waals surface area (Å²) in [6, 6.07) is 3.40. The fraction of sp³-hybridized carbons (Fsp3) is 0.455. The molecule has 1 rings (SSSR count). The number of amides is 1. The number of aromatic nitrogens is 1. The summed E-state index contributed by atoms with van der Waals surface area (Å²) in [7, 11) is 1.57. The second-order valence-electron chi connectivity index (χ2n) is 3.42. The van der Waals surface area contributed by atoms with E-state index < -0.39 is 0 Å². The van der Waals surface area contributed by atoms with E-state index in [1.807, 2.05) is 19.1 Å². The van der Waals surface area contributed by atoms with Crippen molar-refractivity contribution in [2.75, 3.05) is 7.11 Å². The summed E-state index contributed by atoms with van der Waals surface area (Å²) >= 11 is 0. The highest BCUT2D eigenvalue weighted by molar-refractivity contribution is 5.79. The van der Waals surface area contributed by atoms with Crippen LogP contribution in [-0.2, 0) is 11.3 Å². The molecule has 0 saturated heterocycles. The van der Waals surface area contributed by atoms with Gasteiger partial charge in [-0.1, -0.05) is 13.0 Å². The minimum Gasteiger partial charge on any atom is -0.481 e. The van der Waals surface area contributed by atoms with E-state index in [1.165, 1.54) is 0 Å². The van der Waals surface area contributed by atoms with Crippen molar-refractivity contribution in [1.29, 1.82) is 0 Å². The number of nitrogens with zero attached hydrogens (tertiary/aromatic N) is 1. The molecule has 0 bridgehead atoms. The van der Waals surface area contributed by atoms with Crippen molar-refractivity contribution in [3.05, 3.63) is 23.9 Å². The SMILES string of the molecule is CCC(NCc1cccnc1OC)C(N)=O. The lowest BCUT2D eigenvalue weighted by Crippen LogP contribution is -2.40. The molecule has 5 heteroatoms. The maximum absolute atomic E-state index is 11.0. The van der Waals surface area contributed by atoms with Crippen molar-refractivity contribution in [3.63, 3.8) is 0 Å². The number of primary amides is 1. The fourth-order valence-corrected chi connectivity index (χ4v) is 1.42. The summed E-state index contributed by atoms with van der Waals surface area (Å²) in [6.07, 6.45) is 2.33. The highest BCUT2D eigenvalue weighted by Gasteiger charge is 2.12. The van der Waals surface area contributed by atoms with Crippen LogP contribution >= 0.6 is 0 Å². The number of rotatable bonds is 6. The summed E-state index contributed by atoms with van der Waals surface area (Å²) in [4.78, 5) is 15.1. The molecule has 0 aliphatic carbocycles. The Bertz CT molecular complexity index is 355. The van der Waals surface area contributed by atoms with Gasteiger partial charge < -0.3 is 15.8 Å². The number of nitrogens with one attached hydrogen (secondary N) is 1. The molecule has 88 valence electrons. The Morgan fingerprint density at radius 3 is 3.00 bits per heavy atom. The first-order chi connectivity index (χ1) is 7.69. The van der Waals surface area contributed by atoms with Gasteiger partial charge in [0.25, 0.3) is 0 Å². The normalized spacial score (nSPS) is 12.1. The third-order valence-electron chi connectivity index (χ3n) is 2.33. The van der Waals surface area contributed by atoms with Gasteiger partial charge in [0.05, 0.1) is 13.2 Å². The number of nitrogens with two attached hydrogens (primary N) is 1. The van der Waals surface area contributed by atoms with Gasteiger partial charge in [-0.15, -0.1) is 0 Å². The molecule has 0 aliphatic rings. The van der Waals surface area contributed by atoms with Crippen LogP contribution in [0.4, 0.5) is 0 Å². The summed E-state index contributed by atoms with van der Waals surface area (Å²) in [6.45, 7) is 2.42. The highest BCUT2D eigenvalue weighted by atomic mass is 16.5. The largest absolute Gasteiger partial charge is 0.481 e. The Balaban J connectivity index is 2.63. The van der Waals surface area contributed by atoms with E-state index in [4.69, 9.17) is 10.5 Å². The minimum atomic E-state index is -0.342. The molecule has 1 unspecified atom stereocenters. The number of pyridine rings is 1. The molecule has 3 N–H and O–H groups in total. The van der Waals surface area contributed by atoms with Crippen molar-refractivity contribution >= 4 is 5.91 Å². The topological polar surface area (TPSA) is 77.2 Å². The zero-order chi connectivity index (χ0) is 12.0. The Morgan fingerprint density at radius 1 is 1.69 bits per heavy atom. The molecule has 5 nitrogen and oxygen atoms in total. The molecule has 0 spiro atoms. The Labute approximate surface area is 95.0 Å². The molecule has 0 aromatic carbocycles. The van der Waals surface area contributed by atoms with Crippen molar-refractivity contribution < 1.29 is 9.53 Å². The molecular weight excluding hydrogens is 206 g/mol. The average Bonchev–Trinajstić information content (AvgIpc) is 2.30. The maximum Gasteiger partial charge on any atom is 0.234 e. The molecule has 0 aliphatic heterocycles. The van der Waals surface area contributed by atoms with Crippen molar-refractivity contribution in [2.24, 2.45) is 5.73 Å². The van der Waals surface area contributed by atoms with E-state index in [9.17, 15) is 4.79 Å². The molecule has 1 aromatic rings. The number of carbonyl (C=O) groups excluding carboxylic acids is 1. The van der Waals surface area contributed by atoms with Crippen LogP contribution < -0.4 is 15.8 Å². The Hall–Kier alpha value is -1.62. The van der Waals surface area contributed by atoms with Gasteiger partial charge in [-0.3, -0.25) is 4.79 Å². The van der Waals surface area contributed by atoms with Crippen LogP contribution in [0.5, 0.6) is 5.88 Å². The number of hydrogen-bond donors (Lipinski definition) is 2. The highest BCUT2D eigenvalue weighted by Crippen LogP contribution is 2.13. The first-order valence-corrected chi connectivity index (χ1v) is 5.19. The van der Waals surface area contributed by atoms with E-state index in [0.29, 0.717) is 18.8 Å². The van der Waals surface area contributed by atoms with Crippen LogP contribution in [0.3, 0.4) is 0 Å². The predicted molar refractivity (Wildman–Crippen MR) is 60.9 cm³/mol. The molecule has 0 radical (unpaired) electrons. The van der Waals surface area contributed by atoms with Gasteiger partial charge in [0, 0.05) is 18.3 Å². The Kier molecular flexibility index (Phi) is 4.72. The zero-order valence-corrected chi connectivity index (χ0v) is 9.56. The van der Waals surface area contributed by atoms with Crippen LogP contribution in [0.25, 0.3) is 0 Å². The van der Waals surface area contributed by atoms with Crippen LogP contribution in [0.1, 0.15) is 18.9 Å². The zero-order valence-electron chi connectivity index (χ0n) is 9.56. The van der Waals surface area contributed by atoms with Crippen molar-refractivity contribution in [3.8, 4) is 5.88 Å². The van der Waals surface area contributed by atoms with Gasteiger partial charge in [0.15, 0.2) is 0 Å². The monoisotopic (exact) mass is 223 g/mol. The Morgan fingerprint density at radius 2 is 2.44 bits per heavy atom. The maximum atomic E-state index is 11.0. The van der Waals surface area contributed by atoms with Crippen LogP contribution in [0.2, 0.25) is 0 Å². The lowest BCUT2D eigenvalue weighted by Gasteiger charge is -2.14. The van der Waals surface area contributed by atoms with Gasteiger partial charge >= 0.3 is 0 Å². The third-order valence-corrected chi connectivity index (χ3v) is 2.33. The number of ether oxygens (including phenoxy) is 1. The first-order valence-electron chi connectivity index (χ1n) is 5.19. The van der Waals surface area contributed by atoms with E-state index in [2.05, 4.69) is 10.3 Å². The van der Waals surface area contributed by atoms with Crippen LogP contribution in [-0.4, -0.2) is 24.0 Å². The number of methoxy groups -OCH3 is 1. The molecular formula is C11H17N3O2. The summed E-state index contributed by atoms with van der Waals surface area (Å²) in [5, 5.41) is 3.07. The van der Waals surface area contributed by atoms with Crippen LogP contribution in [0, 0.1) is 0 Å². The van der Waals surface area contributed by atoms with Gasteiger partial charge in [0.1, 0.15) is 0 Å². The number of hydrogen-bond acceptors (Lipinski definition) is 4. The summed E-state index contributed by atoms with van der Waals surface area (Å²) < 4.78 is 5.10. The lowest BCUT2D eigenvalue weighted by atomic mass is 10.2. The summed E-state index contributed by atoms with van der Waals surface area (Å²) in [5.74, 6) is 0.222. The second-order valence-corrected chi connectivity index (χ2v) is 3.42. The standard InChI is InChI=1S/C11H17N3O2/c1-3-9(10(12)15)14-7-8-5-4-6-13-11(8)16-2/h4-6,9,14H,3,7H2,1-2H3,(H2,12,15). The smallest absolute Gasteiger partial charge is 0.234 e. The van der Waals surface area contributed by atoms with Gasteiger partial charge in [-0.2, -0.15) is 0 Å². The van der Waals surface area contributed by atoms with E-state index in [0.717, 1.165) is 5.56 Å². The molecule has 0 fully saturated rings. The molecule has 1 amide bonds. The van der Waals surface area contributed by atoms with Crippen molar-refractivity contribution in [2.45, 2.75) is 25.9 Å². The fourth-order valence-electron chi connectivity index (χ4n) is 1.42. The van der Waals surface area contributed by atoms with Gasteiger partial charge in [-0.25, -0.2) is 4.98 Å². The number of carbonyl (C=O) groups is 1.